The average molecular weight is 263 g/mol. The minimum Gasteiger partial charge on any atom is -0.445 e. The zero-order chi connectivity index (χ0) is 13.5. The Balaban J connectivity index is 1.73. The summed E-state index contributed by atoms with van der Waals surface area (Å²) in [6.45, 7) is 5.07. The zero-order valence-electron chi connectivity index (χ0n) is 11.1. The first-order valence-corrected chi connectivity index (χ1v) is 6.67. The summed E-state index contributed by atoms with van der Waals surface area (Å²) >= 11 is 0. The number of benzene rings is 1. The lowest BCUT2D eigenvalue weighted by molar-refractivity contribution is 0.0724. The molecular weight excluding hydrogens is 242 g/mol. The predicted octanol–water partition coefficient (Wildman–Crippen LogP) is 0.899. The molecule has 1 aliphatic rings. The summed E-state index contributed by atoms with van der Waals surface area (Å²) in [5.41, 5.74) is 6.53. The maximum atomic E-state index is 11.9. The van der Waals surface area contributed by atoms with Crippen LogP contribution in [0.1, 0.15) is 5.56 Å². The highest BCUT2D eigenvalue weighted by atomic mass is 16.6. The summed E-state index contributed by atoms with van der Waals surface area (Å²) in [7, 11) is 0. The summed E-state index contributed by atoms with van der Waals surface area (Å²) in [4.78, 5) is 15.9. The number of rotatable bonds is 4. The Bertz CT molecular complexity index is 389. The van der Waals surface area contributed by atoms with Gasteiger partial charge in [-0.15, -0.1) is 0 Å². The Morgan fingerprint density at radius 1 is 1.16 bits per heavy atom. The van der Waals surface area contributed by atoms with Crippen LogP contribution in [0.15, 0.2) is 30.3 Å². The number of hydrogen-bond acceptors (Lipinski definition) is 4. The topological polar surface area (TPSA) is 58.8 Å². The van der Waals surface area contributed by atoms with Gasteiger partial charge in [-0.1, -0.05) is 30.3 Å². The molecule has 0 bridgehead atoms. The number of piperazine rings is 1. The minimum atomic E-state index is -0.226. The van der Waals surface area contributed by atoms with Gasteiger partial charge in [0.15, 0.2) is 0 Å². The molecule has 0 aromatic heterocycles. The van der Waals surface area contributed by atoms with E-state index in [-0.39, 0.29) is 6.09 Å². The molecule has 0 unspecified atom stereocenters. The van der Waals surface area contributed by atoms with Gasteiger partial charge in [0.2, 0.25) is 0 Å². The molecule has 0 saturated carbocycles. The monoisotopic (exact) mass is 263 g/mol. The molecule has 1 fully saturated rings. The number of nitrogens with two attached hydrogens (primary N) is 1. The summed E-state index contributed by atoms with van der Waals surface area (Å²) in [5.74, 6) is 0. The second-order valence-corrected chi connectivity index (χ2v) is 4.66. The first-order valence-electron chi connectivity index (χ1n) is 6.67. The van der Waals surface area contributed by atoms with Crippen molar-refractivity contribution < 1.29 is 9.53 Å². The van der Waals surface area contributed by atoms with Crippen molar-refractivity contribution in [2.45, 2.75) is 6.61 Å². The molecular formula is C14H21N3O2. The molecule has 1 saturated heterocycles. The molecule has 104 valence electrons. The van der Waals surface area contributed by atoms with E-state index in [1.165, 1.54) is 0 Å². The van der Waals surface area contributed by atoms with Crippen molar-refractivity contribution in [1.82, 2.24) is 9.80 Å². The maximum Gasteiger partial charge on any atom is 0.410 e. The van der Waals surface area contributed by atoms with Crippen LogP contribution < -0.4 is 5.73 Å². The van der Waals surface area contributed by atoms with Crippen molar-refractivity contribution in [2.75, 3.05) is 39.3 Å². The smallest absolute Gasteiger partial charge is 0.410 e. The Kier molecular flexibility index (Phi) is 5.18. The van der Waals surface area contributed by atoms with Crippen LogP contribution in [0.5, 0.6) is 0 Å². The third-order valence-electron chi connectivity index (χ3n) is 3.28. The van der Waals surface area contributed by atoms with E-state index in [9.17, 15) is 4.79 Å². The highest BCUT2D eigenvalue weighted by molar-refractivity contribution is 5.67. The molecule has 0 spiro atoms. The van der Waals surface area contributed by atoms with E-state index in [2.05, 4.69) is 4.90 Å². The van der Waals surface area contributed by atoms with Gasteiger partial charge in [-0.2, -0.15) is 0 Å². The summed E-state index contributed by atoms with van der Waals surface area (Å²) in [5, 5.41) is 0. The number of ether oxygens (including phenoxy) is 1. The Morgan fingerprint density at radius 3 is 2.47 bits per heavy atom. The van der Waals surface area contributed by atoms with E-state index in [4.69, 9.17) is 10.5 Å². The largest absolute Gasteiger partial charge is 0.445 e. The van der Waals surface area contributed by atoms with Crippen molar-refractivity contribution in [3.8, 4) is 0 Å². The summed E-state index contributed by atoms with van der Waals surface area (Å²) in [6.07, 6.45) is -0.226. The van der Waals surface area contributed by atoms with Gasteiger partial charge in [0.05, 0.1) is 0 Å². The van der Waals surface area contributed by atoms with Crippen LogP contribution in [0.25, 0.3) is 0 Å². The van der Waals surface area contributed by atoms with E-state index in [1.807, 2.05) is 30.3 Å². The van der Waals surface area contributed by atoms with Crippen molar-refractivity contribution in [2.24, 2.45) is 5.73 Å². The molecule has 0 radical (unpaired) electrons. The van der Waals surface area contributed by atoms with Gasteiger partial charge in [-0.3, -0.25) is 4.90 Å². The first-order chi connectivity index (χ1) is 9.29. The molecule has 5 heteroatoms. The van der Waals surface area contributed by atoms with Crippen LogP contribution in [0.3, 0.4) is 0 Å². The Labute approximate surface area is 113 Å². The fourth-order valence-electron chi connectivity index (χ4n) is 2.15. The lowest BCUT2D eigenvalue weighted by atomic mass is 10.2. The van der Waals surface area contributed by atoms with Crippen LogP contribution in [0, 0.1) is 0 Å². The van der Waals surface area contributed by atoms with Gasteiger partial charge in [-0.25, -0.2) is 4.79 Å². The molecule has 1 heterocycles. The maximum absolute atomic E-state index is 11.9. The molecule has 2 rings (SSSR count). The molecule has 19 heavy (non-hydrogen) atoms. The van der Waals surface area contributed by atoms with Gasteiger partial charge in [-0.05, 0) is 5.56 Å². The molecule has 2 N–H and O–H groups in total. The van der Waals surface area contributed by atoms with Crippen molar-refractivity contribution >= 4 is 6.09 Å². The number of carbonyl (C=O) groups is 1. The SMILES string of the molecule is NCCN1CCN(C(=O)OCc2ccccc2)CC1. The summed E-state index contributed by atoms with van der Waals surface area (Å²) < 4.78 is 5.31. The van der Waals surface area contributed by atoms with Crippen LogP contribution >= 0.6 is 0 Å². The molecule has 1 aromatic rings. The number of carbonyl (C=O) groups excluding carboxylic acids is 1. The van der Waals surface area contributed by atoms with Crippen molar-refractivity contribution in [1.29, 1.82) is 0 Å². The predicted molar refractivity (Wildman–Crippen MR) is 73.7 cm³/mol. The fourth-order valence-corrected chi connectivity index (χ4v) is 2.15. The van der Waals surface area contributed by atoms with Crippen molar-refractivity contribution in [3.63, 3.8) is 0 Å². The van der Waals surface area contributed by atoms with E-state index in [1.54, 1.807) is 4.90 Å². The van der Waals surface area contributed by atoms with Crippen LogP contribution in [-0.4, -0.2) is 55.2 Å². The highest BCUT2D eigenvalue weighted by Gasteiger charge is 2.21. The third kappa shape index (κ3) is 4.22. The number of hydrogen-bond donors (Lipinski definition) is 1. The van der Waals surface area contributed by atoms with Crippen LogP contribution in [-0.2, 0) is 11.3 Å². The van der Waals surface area contributed by atoms with E-state index in [0.717, 1.165) is 25.2 Å². The Morgan fingerprint density at radius 2 is 1.84 bits per heavy atom. The van der Waals surface area contributed by atoms with Crippen LogP contribution in [0.2, 0.25) is 0 Å². The molecule has 1 aliphatic heterocycles. The molecule has 1 amide bonds. The van der Waals surface area contributed by atoms with Gasteiger partial charge in [0.25, 0.3) is 0 Å². The molecule has 0 aliphatic carbocycles. The van der Waals surface area contributed by atoms with Gasteiger partial charge in [0.1, 0.15) is 6.61 Å². The van der Waals surface area contributed by atoms with E-state index >= 15 is 0 Å². The zero-order valence-corrected chi connectivity index (χ0v) is 11.1. The van der Waals surface area contributed by atoms with E-state index in [0.29, 0.717) is 26.2 Å². The van der Waals surface area contributed by atoms with Gasteiger partial charge in [0, 0.05) is 39.3 Å². The normalized spacial score (nSPS) is 16.4. The third-order valence-corrected chi connectivity index (χ3v) is 3.28. The fraction of sp³-hybridized carbons (Fsp3) is 0.500. The quantitative estimate of drug-likeness (QED) is 0.877. The molecule has 0 atom stereocenters. The Hall–Kier alpha value is -1.59. The number of nitrogens with zero attached hydrogens (tertiary/aromatic N) is 2. The number of amides is 1. The lowest BCUT2D eigenvalue weighted by Gasteiger charge is -2.33. The first kappa shape index (κ1) is 13.8. The second kappa shape index (κ2) is 7.11. The van der Waals surface area contributed by atoms with Crippen LogP contribution in [0.4, 0.5) is 4.79 Å². The highest BCUT2D eigenvalue weighted by Crippen LogP contribution is 2.06. The average Bonchev–Trinajstić information content (AvgIpc) is 2.47. The van der Waals surface area contributed by atoms with Gasteiger partial charge < -0.3 is 15.4 Å². The lowest BCUT2D eigenvalue weighted by Crippen LogP contribution is -2.49. The summed E-state index contributed by atoms with van der Waals surface area (Å²) in [6, 6.07) is 9.73. The molecule has 5 nitrogen and oxygen atoms in total. The molecule has 1 aromatic carbocycles. The van der Waals surface area contributed by atoms with Crippen molar-refractivity contribution in [3.05, 3.63) is 35.9 Å². The minimum absolute atomic E-state index is 0.226. The second-order valence-electron chi connectivity index (χ2n) is 4.66. The van der Waals surface area contributed by atoms with E-state index < -0.39 is 0 Å². The standard InChI is InChI=1S/C14H21N3O2/c15-6-7-16-8-10-17(11-9-16)14(18)19-12-13-4-2-1-3-5-13/h1-5H,6-12,15H2. The van der Waals surface area contributed by atoms with Gasteiger partial charge >= 0.3 is 6.09 Å².